The molecular weight excluding hydrogens is 378 g/mol. The summed E-state index contributed by atoms with van der Waals surface area (Å²) in [5.41, 5.74) is 1.24. The topological polar surface area (TPSA) is 81.9 Å². The van der Waals surface area contributed by atoms with E-state index in [9.17, 15) is 4.79 Å². The summed E-state index contributed by atoms with van der Waals surface area (Å²) in [7, 11) is 0. The van der Waals surface area contributed by atoms with Gasteiger partial charge in [-0.1, -0.05) is 29.8 Å². The highest BCUT2D eigenvalue weighted by molar-refractivity contribution is 6.30. The highest BCUT2D eigenvalue weighted by Gasteiger charge is 2.14. The summed E-state index contributed by atoms with van der Waals surface area (Å²) < 4.78 is 5.72. The van der Waals surface area contributed by atoms with Crippen molar-refractivity contribution in [3.05, 3.63) is 89.7 Å². The third kappa shape index (κ3) is 4.16. The van der Waals surface area contributed by atoms with Crippen molar-refractivity contribution < 1.29 is 9.53 Å². The van der Waals surface area contributed by atoms with E-state index < -0.39 is 5.91 Å². The molecule has 0 aliphatic rings. The first kappa shape index (κ1) is 17.7. The van der Waals surface area contributed by atoms with Gasteiger partial charge in [0.2, 0.25) is 0 Å². The summed E-state index contributed by atoms with van der Waals surface area (Å²) in [5.74, 6) is 0.898. The van der Waals surface area contributed by atoms with Gasteiger partial charge in [0, 0.05) is 10.7 Å². The Kier molecular flexibility index (Phi) is 4.99. The van der Waals surface area contributed by atoms with Gasteiger partial charge >= 0.3 is 0 Å². The Morgan fingerprint density at radius 2 is 1.57 bits per heavy atom. The molecule has 0 aliphatic heterocycles. The van der Waals surface area contributed by atoms with Gasteiger partial charge in [-0.2, -0.15) is 0 Å². The van der Waals surface area contributed by atoms with Crippen molar-refractivity contribution >= 4 is 23.2 Å². The predicted molar refractivity (Wildman–Crippen MR) is 105 cm³/mol. The van der Waals surface area contributed by atoms with Gasteiger partial charge in [0.15, 0.2) is 0 Å². The highest BCUT2D eigenvalue weighted by atomic mass is 35.5. The second-order valence-electron chi connectivity index (χ2n) is 5.77. The van der Waals surface area contributed by atoms with Crippen LogP contribution < -0.4 is 10.1 Å². The number of rotatable bonds is 5. The lowest BCUT2D eigenvalue weighted by Crippen LogP contribution is -2.14. The Morgan fingerprint density at radius 3 is 2.29 bits per heavy atom. The molecule has 138 valence electrons. The quantitative estimate of drug-likeness (QED) is 0.546. The lowest BCUT2D eigenvalue weighted by Gasteiger charge is -2.07. The fourth-order valence-corrected chi connectivity index (χ4v) is 2.53. The highest BCUT2D eigenvalue weighted by Crippen LogP contribution is 2.22. The number of halogens is 1. The summed E-state index contributed by atoms with van der Waals surface area (Å²) in [6, 6.07) is 23.3. The molecule has 8 heteroatoms. The van der Waals surface area contributed by atoms with Crippen LogP contribution in [0.15, 0.2) is 78.9 Å². The summed E-state index contributed by atoms with van der Waals surface area (Å²) in [5, 5.41) is 15.1. The zero-order valence-electron chi connectivity index (χ0n) is 14.5. The molecule has 0 saturated carbocycles. The largest absolute Gasteiger partial charge is 0.457 e. The lowest BCUT2D eigenvalue weighted by atomic mass is 10.3. The van der Waals surface area contributed by atoms with Crippen molar-refractivity contribution in [2.45, 2.75) is 0 Å². The minimum Gasteiger partial charge on any atom is -0.457 e. The number of benzene rings is 3. The number of nitrogens with zero attached hydrogens (tertiary/aromatic N) is 4. The Balaban J connectivity index is 1.41. The molecule has 1 aromatic heterocycles. The Bertz CT molecular complexity index is 1080. The van der Waals surface area contributed by atoms with E-state index in [1.807, 2.05) is 30.3 Å². The second-order valence-corrected chi connectivity index (χ2v) is 6.21. The first-order chi connectivity index (χ1) is 13.7. The van der Waals surface area contributed by atoms with Crippen LogP contribution in [0.25, 0.3) is 5.69 Å². The lowest BCUT2D eigenvalue weighted by molar-refractivity contribution is 0.101. The van der Waals surface area contributed by atoms with E-state index >= 15 is 0 Å². The smallest absolute Gasteiger partial charge is 0.297 e. The summed E-state index contributed by atoms with van der Waals surface area (Å²) in [6.07, 6.45) is 0. The predicted octanol–water partition coefficient (Wildman–Crippen LogP) is 4.36. The molecule has 1 heterocycles. The average molecular weight is 392 g/mol. The molecule has 3 aromatic carbocycles. The molecule has 0 aliphatic carbocycles. The maximum absolute atomic E-state index is 12.3. The number of aromatic nitrogens is 4. The van der Waals surface area contributed by atoms with Crippen molar-refractivity contribution in [1.29, 1.82) is 0 Å². The van der Waals surface area contributed by atoms with E-state index in [0.717, 1.165) is 5.75 Å². The third-order valence-corrected chi connectivity index (χ3v) is 4.02. The van der Waals surface area contributed by atoms with Gasteiger partial charge in [-0.05, 0) is 65.9 Å². The number of hydrogen-bond acceptors (Lipinski definition) is 5. The normalized spacial score (nSPS) is 10.5. The Labute approximate surface area is 165 Å². The number of tetrazole rings is 1. The molecule has 0 spiro atoms. The molecule has 0 radical (unpaired) electrons. The van der Waals surface area contributed by atoms with Crippen LogP contribution in [0.2, 0.25) is 5.02 Å². The van der Waals surface area contributed by atoms with Gasteiger partial charge < -0.3 is 10.1 Å². The third-order valence-electron chi connectivity index (χ3n) is 3.77. The van der Waals surface area contributed by atoms with E-state index in [2.05, 4.69) is 20.7 Å². The van der Waals surface area contributed by atoms with Gasteiger partial charge in [-0.3, -0.25) is 4.79 Å². The van der Waals surface area contributed by atoms with Crippen molar-refractivity contribution in [1.82, 2.24) is 20.2 Å². The van der Waals surface area contributed by atoms with Crippen molar-refractivity contribution in [3.63, 3.8) is 0 Å². The van der Waals surface area contributed by atoms with Crippen LogP contribution in [0, 0.1) is 0 Å². The van der Waals surface area contributed by atoms with E-state index in [1.165, 1.54) is 4.80 Å². The van der Waals surface area contributed by atoms with Crippen molar-refractivity contribution in [2.24, 2.45) is 0 Å². The summed E-state index contributed by atoms with van der Waals surface area (Å²) >= 11 is 5.86. The van der Waals surface area contributed by atoms with E-state index in [1.54, 1.807) is 48.5 Å². The number of para-hydroxylation sites is 1. The van der Waals surface area contributed by atoms with Gasteiger partial charge in [0.1, 0.15) is 11.5 Å². The molecule has 0 saturated heterocycles. The molecule has 0 atom stereocenters. The van der Waals surface area contributed by atoms with Crippen LogP contribution in [0.5, 0.6) is 11.5 Å². The number of nitrogens with one attached hydrogen (secondary N) is 1. The molecule has 0 unspecified atom stereocenters. The van der Waals surface area contributed by atoms with Gasteiger partial charge in [0.25, 0.3) is 11.7 Å². The van der Waals surface area contributed by atoms with Crippen LogP contribution in [0.4, 0.5) is 5.69 Å². The number of carbonyl (C=O) groups is 1. The maximum Gasteiger partial charge on any atom is 0.297 e. The average Bonchev–Trinajstić information content (AvgIpc) is 3.21. The summed E-state index contributed by atoms with van der Waals surface area (Å²) in [6.45, 7) is 0. The van der Waals surface area contributed by atoms with Crippen LogP contribution in [-0.4, -0.2) is 26.1 Å². The maximum atomic E-state index is 12.3. The Morgan fingerprint density at radius 1 is 0.893 bits per heavy atom. The fraction of sp³-hybridized carbons (Fsp3) is 0. The first-order valence-electron chi connectivity index (χ1n) is 8.38. The second kappa shape index (κ2) is 7.89. The minimum absolute atomic E-state index is 0.0421. The van der Waals surface area contributed by atoms with Crippen LogP contribution >= 0.6 is 11.6 Å². The molecule has 28 heavy (non-hydrogen) atoms. The number of ether oxygens (including phenoxy) is 1. The molecule has 4 rings (SSSR count). The van der Waals surface area contributed by atoms with Crippen molar-refractivity contribution in [3.8, 4) is 17.2 Å². The SMILES string of the molecule is O=C(Nc1ccc(Oc2ccccc2)cc1)c1nnn(-c2ccc(Cl)cc2)n1. The monoisotopic (exact) mass is 391 g/mol. The molecular formula is C20H14ClN5O2. The van der Waals surface area contributed by atoms with Gasteiger partial charge in [0.05, 0.1) is 5.69 Å². The van der Waals surface area contributed by atoms with E-state index in [4.69, 9.17) is 16.3 Å². The molecule has 0 bridgehead atoms. The number of carbonyl (C=O) groups excluding carboxylic acids is 1. The standard InChI is InChI=1S/C20H14ClN5O2/c21-14-6-10-16(11-7-14)26-24-19(23-25-26)20(27)22-15-8-12-18(13-9-15)28-17-4-2-1-3-5-17/h1-13H,(H,22,27). The van der Waals surface area contributed by atoms with Gasteiger partial charge in [-0.15, -0.1) is 15.0 Å². The van der Waals surface area contributed by atoms with E-state index in [-0.39, 0.29) is 5.82 Å². The number of hydrogen-bond donors (Lipinski definition) is 1. The van der Waals surface area contributed by atoms with Crippen LogP contribution in [-0.2, 0) is 0 Å². The molecule has 1 N–H and O–H groups in total. The summed E-state index contributed by atoms with van der Waals surface area (Å²) in [4.78, 5) is 13.6. The fourth-order valence-electron chi connectivity index (χ4n) is 2.41. The van der Waals surface area contributed by atoms with Crippen LogP contribution in [0.1, 0.15) is 10.6 Å². The number of amides is 1. The number of anilines is 1. The zero-order chi connectivity index (χ0) is 19.3. The van der Waals surface area contributed by atoms with Gasteiger partial charge in [-0.25, -0.2) is 0 Å². The molecule has 1 amide bonds. The Hall–Kier alpha value is -3.71. The minimum atomic E-state index is -0.461. The van der Waals surface area contributed by atoms with E-state index in [0.29, 0.717) is 22.1 Å². The van der Waals surface area contributed by atoms with Crippen LogP contribution in [0.3, 0.4) is 0 Å². The molecule has 7 nitrogen and oxygen atoms in total. The van der Waals surface area contributed by atoms with Crippen molar-refractivity contribution in [2.75, 3.05) is 5.32 Å². The molecule has 0 fully saturated rings. The zero-order valence-corrected chi connectivity index (χ0v) is 15.2. The molecule has 4 aromatic rings. The first-order valence-corrected chi connectivity index (χ1v) is 8.75.